The highest BCUT2D eigenvalue weighted by Crippen LogP contribution is 2.23. The molecule has 1 aromatic rings. The Bertz CT molecular complexity index is 505. The number of hydrogen-bond acceptors (Lipinski definition) is 3. The van der Waals surface area contributed by atoms with Gasteiger partial charge >= 0.3 is 0 Å². The second kappa shape index (κ2) is 4.92. The number of carbonyl (C=O) groups excluding carboxylic acids is 1. The molecular formula is C15H17NO2. The number of ketones is 1. The van der Waals surface area contributed by atoms with Gasteiger partial charge in [-0.1, -0.05) is 12.1 Å². The molecule has 0 saturated heterocycles. The van der Waals surface area contributed by atoms with Crippen LogP contribution in [0, 0.1) is 0 Å². The first-order valence-electron chi connectivity index (χ1n) is 6.64. The summed E-state index contributed by atoms with van der Waals surface area (Å²) in [6.07, 6.45) is 5.07. The van der Waals surface area contributed by atoms with Crippen LogP contribution in [0.4, 0.5) is 0 Å². The Hall–Kier alpha value is -1.64. The predicted octanol–water partition coefficient (Wildman–Crippen LogP) is 2.57. The van der Waals surface area contributed by atoms with Gasteiger partial charge in [-0.3, -0.25) is 9.79 Å². The van der Waals surface area contributed by atoms with Crippen LogP contribution in [0.5, 0.6) is 0 Å². The predicted molar refractivity (Wildman–Crippen MR) is 70.3 cm³/mol. The third-order valence-corrected chi connectivity index (χ3v) is 3.63. The fraction of sp³-hybridized carbons (Fsp3) is 0.467. The number of carbonyl (C=O) groups is 1. The van der Waals surface area contributed by atoms with Crippen LogP contribution in [-0.4, -0.2) is 24.8 Å². The highest BCUT2D eigenvalue weighted by molar-refractivity contribution is 6.07. The Kier molecular flexibility index (Phi) is 3.13. The molecule has 0 bridgehead atoms. The second-order valence-corrected chi connectivity index (χ2v) is 4.91. The smallest absolute Gasteiger partial charge is 0.191 e. The molecule has 0 fully saturated rings. The lowest BCUT2D eigenvalue weighted by atomic mass is 9.89. The first-order valence-corrected chi connectivity index (χ1v) is 6.64. The van der Waals surface area contributed by atoms with Gasteiger partial charge in [0.15, 0.2) is 11.7 Å². The minimum atomic E-state index is 0.115. The van der Waals surface area contributed by atoms with E-state index >= 15 is 0 Å². The summed E-state index contributed by atoms with van der Waals surface area (Å²) in [5, 5.41) is 0. The zero-order valence-corrected chi connectivity index (χ0v) is 10.4. The summed E-state index contributed by atoms with van der Waals surface area (Å²) in [5.41, 5.74) is 3.56. The van der Waals surface area contributed by atoms with Gasteiger partial charge in [0.2, 0.25) is 0 Å². The molecular weight excluding hydrogens is 226 g/mol. The SMILES string of the molecule is O=C(CC1=NCCO1)c1ccc2c(c1)CCCC2. The van der Waals surface area contributed by atoms with Crippen LogP contribution < -0.4 is 0 Å². The molecule has 3 rings (SSSR count). The Morgan fingerprint density at radius 2 is 2.06 bits per heavy atom. The van der Waals surface area contributed by atoms with E-state index in [-0.39, 0.29) is 5.78 Å². The molecule has 2 aliphatic rings. The maximum atomic E-state index is 12.1. The van der Waals surface area contributed by atoms with Crippen LogP contribution in [0.1, 0.15) is 40.7 Å². The Labute approximate surface area is 107 Å². The van der Waals surface area contributed by atoms with Gasteiger partial charge in [-0.2, -0.15) is 0 Å². The number of Topliss-reactive ketones (excluding diaryl/α,β-unsaturated/α-hetero) is 1. The Morgan fingerprint density at radius 3 is 2.83 bits per heavy atom. The van der Waals surface area contributed by atoms with Gasteiger partial charge in [0, 0.05) is 5.56 Å². The quantitative estimate of drug-likeness (QED) is 0.765. The maximum absolute atomic E-state index is 12.1. The van der Waals surface area contributed by atoms with Crippen LogP contribution in [0.25, 0.3) is 0 Å². The molecule has 1 aliphatic heterocycles. The Morgan fingerprint density at radius 1 is 1.22 bits per heavy atom. The van der Waals surface area contributed by atoms with Crippen molar-refractivity contribution in [2.75, 3.05) is 13.2 Å². The van der Waals surface area contributed by atoms with Gasteiger partial charge in [0.1, 0.15) is 6.61 Å². The van der Waals surface area contributed by atoms with Crippen molar-refractivity contribution in [2.45, 2.75) is 32.1 Å². The van der Waals surface area contributed by atoms with Gasteiger partial charge in [-0.15, -0.1) is 0 Å². The zero-order chi connectivity index (χ0) is 12.4. The monoisotopic (exact) mass is 243 g/mol. The number of ether oxygens (including phenoxy) is 1. The van der Waals surface area contributed by atoms with Crippen molar-refractivity contribution in [2.24, 2.45) is 4.99 Å². The summed E-state index contributed by atoms with van der Waals surface area (Å²) in [6, 6.07) is 6.12. The largest absolute Gasteiger partial charge is 0.479 e. The molecule has 0 aromatic heterocycles. The number of hydrogen-bond donors (Lipinski definition) is 0. The van der Waals surface area contributed by atoms with Gasteiger partial charge < -0.3 is 4.74 Å². The number of fused-ring (bicyclic) bond motifs is 1. The number of aliphatic imine (C=N–C) groups is 1. The number of rotatable bonds is 3. The average Bonchev–Trinajstić information content (AvgIpc) is 2.91. The summed E-state index contributed by atoms with van der Waals surface area (Å²) < 4.78 is 5.29. The van der Waals surface area contributed by atoms with Crippen LogP contribution in [0.15, 0.2) is 23.2 Å². The molecule has 1 heterocycles. The molecule has 3 heteroatoms. The molecule has 0 spiro atoms. The lowest BCUT2D eigenvalue weighted by Gasteiger charge is -2.16. The third kappa shape index (κ3) is 2.30. The summed E-state index contributed by atoms with van der Waals surface area (Å²) in [7, 11) is 0. The normalized spacial score (nSPS) is 17.9. The zero-order valence-electron chi connectivity index (χ0n) is 10.4. The van der Waals surface area contributed by atoms with Crippen LogP contribution in [0.2, 0.25) is 0 Å². The van der Waals surface area contributed by atoms with Crippen molar-refractivity contribution < 1.29 is 9.53 Å². The summed E-state index contributed by atoms with van der Waals surface area (Å²) in [5.74, 6) is 0.710. The van der Waals surface area contributed by atoms with E-state index in [1.54, 1.807) is 0 Å². The van der Waals surface area contributed by atoms with E-state index in [0.29, 0.717) is 25.5 Å². The number of aryl methyl sites for hydroxylation is 2. The van der Waals surface area contributed by atoms with Crippen molar-refractivity contribution in [1.82, 2.24) is 0 Å². The maximum Gasteiger partial charge on any atom is 0.191 e. The standard InChI is InChI=1S/C15H17NO2/c17-14(10-15-16-7-8-18-15)13-6-5-11-3-1-2-4-12(11)9-13/h5-6,9H,1-4,7-8,10H2. The van der Waals surface area contributed by atoms with Crippen LogP contribution in [0.3, 0.4) is 0 Å². The van der Waals surface area contributed by atoms with Crippen molar-refractivity contribution in [3.8, 4) is 0 Å². The highest BCUT2D eigenvalue weighted by atomic mass is 16.5. The van der Waals surface area contributed by atoms with Gasteiger partial charge in [0.05, 0.1) is 13.0 Å². The van der Waals surface area contributed by atoms with E-state index in [2.05, 4.69) is 17.1 Å². The Balaban J connectivity index is 1.77. The van der Waals surface area contributed by atoms with Crippen molar-refractivity contribution in [1.29, 1.82) is 0 Å². The van der Waals surface area contributed by atoms with E-state index < -0.39 is 0 Å². The third-order valence-electron chi connectivity index (χ3n) is 3.63. The van der Waals surface area contributed by atoms with E-state index in [1.807, 2.05) is 6.07 Å². The molecule has 0 saturated carbocycles. The fourth-order valence-corrected chi connectivity index (χ4v) is 2.63. The minimum Gasteiger partial charge on any atom is -0.479 e. The molecule has 18 heavy (non-hydrogen) atoms. The average molecular weight is 243 g/mol. The minimum absolute atomic E-state index is 0.115. The van der Waals surface area contributed by atoms with Crippen LogP contribution >= 0.6 is 0 Å². The van der Waals surface area contributed by atoms with Gasteiger partial charge in [0.25, 0.3) is 0 Å². The highest BCUT2D eigenvalue weighted by Gasteiger charge is 2.16. The molecule has 0 radical (unpaired) electrons. The van der Waals surface area contributed by atoms with Crippen molar-refractivity contribution in [3.05, 3.63) is 34.9 Å². The molecule has 0 unspecified atom stereocenters. The number of benzene rings is 1. The molecule has 3 nitrogen and oxygen atoms in total. The topological polar surface area (TPSA) is 38.7 Å². The molecule has 0 N–H and O–H groups in total. The summed E-state index contributed by atoms with van der Waals surface area (Å²) in [6.45, 7) is 1.31. The molecule has 1 aliphatic carbocycles. The van der Waals surface area contributed by atoms with E-state index in [4.69, 9.17) is 4.74 Å². The molecule has 94 valence electrons. The second-order valence-electron chi connectivity index (χ2n) is 4.91. The fourth-order valence-electron chi connectivity index (χ4n) is 2.63. The number of nitrogens with zero attached hydrogens (tertiary/aromatic N) is 1. The van der Waals surface area contributed by atoms with Crippen molar-refractivity contribution in [3.63, 3.8) is 0 Å². The van der Waals surface area contributed by atoms with E-state index in [9.17, 15) is 4.79 Å². The van der Waals surface area contributed by atoms with Gasteiger partial charge in [-0.05, 0) is 42.9 Å². The lowest BCUT2D eigenvalue weighted by Crippen LogP contribution is -2.10. The first-order chi connectivity index (χ1) is 8.83. The first kappa shape index (κ1) is 11.5. The van der Waals surface area contributed by atoms with E-state index in [1.165, 1.54) is 24.0 Å². The van der Waals surface area contributed by atoms with E-state index in [0.717, 1.165) is 18.4 Å². The summed E-state index contributed by atoms with van der Waals surface area (Å²) in [4.78, 5) is 16.3. The van der Waals surface area contributed by atoms with Gasteiger partial charge in [-0.25, -0.2) is 0 Å². The lowest BCUT2D eigenvalue weighted by molar-refractivity contribution is 0.0994. The molecule has 0 amide bonds. The molecule has 1 aromatic carbocycles. The molecule has 0 atom stereocenters. The van der Waals surface area contributed by atoms with Crippen molar-refractivity contribution >= 4 is 11.7 Å². The summed E-state index contributed by atoms with van der Waals surface area (Å²) >= 11 is 0. The van der Waals surface area contributed by atoms with Crippen LogP contribution in [-0.2, 0) is 17.6 Å².